The van der Waals surface area contributed by atoms with Crippen molar-refractivity contribution in [3.05, 3.63) is 58.1 Å². The Morgan fingerprint density at radius 1 is 1.32 bits per heavy atom. The van der Waals surface area contributed by atoms with Crippen molar-refractivity contribution in [1.82, 2.24) is 0 Å². The van der Waals surface area contributed by atoms with Gasteiger partial charge in [-0.1, -0.05) is 29.3 Å². The van der Waals surface area contributed by atoms with Crippen LogP contribution in [0.4, 0.5) is 0 Å². The molecule has 0 aliphatic carbocycles. The second-order valence-electron chi connectivity index (χ2n) is 4.59. The van der Waals surface area contributed by atoms with Crippen molar-refractivity contribution in [2.75, 3.05) is 6.61 Å². The van der Waals surface area contributed by atoms with Crippen LogP contribution in [-0.4, -0.2) is 12.6 Å². The first kappa shape index (κ1) is 15.9. The van der Waals surface area contributed by atoms with Crippen molar-refractivity contribution in [3.8, 4) is 17.6 Å². The van der Waals surface area contributed by atoms with Gasteiger partial charge in [-0.3, -0.25) is 0 Å². The van der Waals surface area contributed by atoms with Gasteiger partial charge in [0.05, 0.1) is 28.8 Å². The van der Waals surface area contributed by atoms with E-state index in [9.17, 15) is 4.79 Å². The Bertz CT molecular complexity index is 750. The van der Waals surface area contributed by atoms with E-state index in [1.165, 1.54) is 12.1 Å². The lowest BCUT2D eigenvalue weighted by Crippen LogP contribution is -2.10. The van der Waals surface area contributed by atoms with E-state index in [1.807, 2.05) is 19.1 Å². The monoisotopic (exact) mass is 315 g/mol. The Labute approximate surface area is 133 Å². The van der Waals surface area contributed by atoms with E-state index in [0.717, 1.165) is 5.56 Å². The van der Waals surface area contributed by atoms with Gasteiger partial charge in [-0.25, -0.2) is 4.79 Å². The molecule has 0 N–H and O–H groups in total. The average molecular weight is 316 g/mol. The molecule has 0 unspecified atom stereocenters. The first-order chi connectivity index (χ1) is 10.5. The molecule has 4 nitrogen and oxygen atoms in total. The van der Waals surface area contributed by atoms with E-state index >= 15 is 0 Å². The van der Waals surface area contributed by atoms with Gasteiger partial charge in [0, 0.05) is 6.07 Å². The molecule has 0 aliphatic heterocycles. The van der Waals surface area contributed by atoms with Gasteiger partial charge < -0.3 is 9.47 Å². The molecule has 0 aromatic heterocycles. The van der Waals surface area contributed by atoms with Crippen LogP contribution in [-0.2, 0) is 0 Å². The molecule has 0 fully saturated rings. The minimum absolute atomic E-state index is 0.119. The molecule has 112 valence electrons. The Kier molecular flexibility index (Phi) is 5.03. The summed E-state index contributed by atoms with van der Waals surface area (Å²) in [6.45, 7) is 4.04. The number of aryl methyl sites for hydroxylation is 1. The average Bonchev–Trinajstić information content (AvgIpc) is 2.50. The number of hydrogen-bond donors (Lipinski definition) is 0. The van der Waals surface area contributed by atoms with Crippen LogP contribution in [0.3, 0.4) is 0 Å². The number of esters is 1. The fourth-order valence-corrected chi connectivity index (χ4v) is 2.17. The molecule has 0 amide bonds. The van der Waals surface area contributed by atoms with Gasteiger partial charge in [-0.15, -0.1) is 0 Å². The summed E-state index contributed by atoms with van der Waals surface area (Å²) in [5.74, 6) is -0.141. The molecule has 0 radical (unpaired) electrons. The van der Waals surface area contributed by atoms with E-state index in [1.54, 1.807) is 25.1 Å². The number of halogens is 1. The number of rotatable bonds is 4. The van der Waals surface area contributed by atoms with Gasteiger partial charge in [0.2, 0.25) is 0 Å². The summed E-state index contributed by atoms with van der Waals surface area (Å²) in [6, 6.07) is 12.0. The van der Waals surface area contributed by atoms with Crippen LogP contribution in [0.1, 0.15) is 28.4 Å². The Morgan fingerprint density at radius 3 is 2.73 bits per heavy atom. The van der Waals surface area contributed by atoms with Crippen LogP contribution in [0.2, 0.25) is 5.02 Å². The highest BCUT2D eigenvalue weighted by atomic mass is 35.5. The summed E-state index contributed by atoms with van der Waals surface area (Å²) in [6.07, 6.45) is 0. The van der Waals surface area contributed by atoms with Crippen molar-refractivity contribution in [2.45, 2.75) is 13.8 Å². The fourth-order valence-electron chi connectivity index (χ4n) is 1.92. The highest BCUT2D eigenvalue weighted by Crippen LogP contribution is 2.37. The lowest BCUT2D eigenvalue weighted by molar-refractivity contribution is 0.0728. The van der Waals surface area contributed by atoms with E-state index < -0.39 is 5.97 Å². The number of carbonyl (C=O) groups excluding carboxylic acids is 1. The zero-order valence-electron chi connectivity index (χ0n) is 12.2. The SMILES string of the molecule is CCOc1cc(C#N)cc(Cl)c1OC(=O)c1cccc(C)c1. The number of nitriles is 1. The minimum atomic E-state index is -0.531. The van der Waals surface area contributed by atoms with Gasteiger partial charge in [-0.2, -0.15) is 5.26 Å². The Balaban J connectivity index is 2.36. The van der Waals surface area contributed by atoms with Crippen molar-refractivity contribution in [3.63, 3.8) is 0 Å². The normalized spacial score (nSPS) is 9.91. The van der Waals surface area contributed by atoms with E-state index in [0.29, 0.717) is 17.7 Å². The van der Waals surface area contributed by atoms with Gasteiger partial charge in [-0.05, 0) is 32.0 Å². The highest BCUT2D eigenvalue weighted by molar-refractivity contribution is 6.32. The molecule has 22 heavy (non-hydrogen) atoms. The van der Waals surface area contributed by atoms with Gasteiger partial charge >= 0.3 is 5.97 Å². The maximum atomic E-state index is 12.2. The Morgan fingerprint density at radius 2 is 2.09 bits per heavy atom. The summed E-state index contributed by atoms with van der Waals surface area (Å²) >= 11 is 6.10. The van der Waals surface area contributed by atoms with Crippen LogP contribution < -0.4 is 9.47 Å². The third-order valence-electron chi connectivity index (χ3n) is 2.89. The molecule has 2 aromatic carbocycles. The molecule has 2 aromatic rings. The van der Waals surface area contributed by atoms with Crippen molar-refractivity contribution in [1.29, 1.82) is 5.26 Å². The zero-order valence-corrected chi connectivity index (χ0v) is 13.0. The van der Waals surface area contributed by atoms with Crippen LogP contribution in [0.5, 0.6) is 11.5 Å². The third-order valence-corrected chi connectivity index (χ3v) is 3.17. The van der Waals surface area contributed by atoms with Crippen molar-refractivity contribution < 1.29 is 14.3 Å². The highest BCUT2D eigenvalue weighted by Gasteiger charge is 2.17. The van der Waals surface area contributed by atoms with E-state index in [-0.39, 0.29) is 16.5 Å². The smallest absolute Gasteiger partial charge is 0.343 e. The molecule has 0 bridgehead atoms. The second kappa shape index (κ2) is 6.97. The third kappa shape index (κ3) is 3.57. The topological polar surface area (TPSA) is 59.3 Å². The number of benzene rings is 2. The molecule has 2 rings (SSSR count). The predicted octanol–water partition coefficient (Wildman–Crippen LogP) is 4.14. The largest absolute Gasteiger partial charge is 0.490 e. The summed E-state index contributed by atoms with van der Waals surface area (Å²) in [7, 11) is 0. The lowest BCUT2D eigenvalue weighted by atomic mass is 10.1. The summed E-state index contributed by atoms with van der Waals surface area (Å²) in [4.78, 5) is 12.2. The number of hydrogen-bond acceptors (Lipinski definition) is 4. The fraction of sp³-hybridized carbons (Fsp3) is 0.176. The van der Waals surface area contributed by atoms with Gasteiger partial charge in [0.25, 0.3) is 0 Å². The molecular formula is C17H14ClNO3. The molecular weight excluding hydrogens is 302 g/mol. The summed E-state index contributed by atoms with van der Waals surface area (Å²) < 4.78 is 10.8. The quantitative estimate of drug-likeness (QED) is 0.628. The minimum Gasteiger partial charge on any atom is -0.490 e. The second-order valence-corrected chi connectivity index (χ2v) is 5.00. The van der Waals surface area contributed by atoms with Crippen molar-refractivity contribution >= 4 is 17.6 Å². The lowest BCUT2D eigenvalue weighted by Gasteiger charge is -2.12. The molecule has 0 saturated heterocycles. The number of ether oxygens (including phenoxy) is 2. The van der Waals surface area contributed by atoms with E-state index in [4.69, 9.17) is 26.3 Å². The molecule has 0 aliphatic rings. The summed E-state index contributed by atoms with van der Waals surface area (Å²) in [5, 5.41) is 9.12. The Hall–Kier alpha value is -2.51. The zero-order chi connectivity index (χ0) is 16.1. The molecule has 0 heterocycles. The van der Waals surface area contributed by atoms with Crippen molar-refractivity contribution in [2.24, 2.45) is 0 Å². The summed E-state index contributed by atoms with van der Waals surface area (Å²) in [5.41, 5.74) is 1.71. The van der Waals surface area contributed by atoms with Gasteiger partial charge in [0.15, 0.2) is 11.5 Å². The molecule has 5 heteroatoms. The maximum absolute atomic E-state index is 12.2. The standard InChI is InChI=1S/C17H14ClNO3/c1-3-21-15-9-12(10-19)8-14(18)16(15)22-17(20)13-6-4-5-11(2)7-13/h4-9H,3H2,1-2H3. The van der Waals surface area contributed by atoms with E-state index in [2.05, 4.69) is 0 Å². The first-order valence-corrected chi connectivity index (χ1v) is 7.08. The van der Waals surface area contributed by atoms with Gasteiger partial charge in [0.1, 0.15) is 0 Å². The predicted molar refractivity (Wildman–Crippen MR) is 83.5 cm³/mol. The molecule has 0 atom stereocenters. The molecule has 0 saturated carbocycles. The molecule has 0 spiro atoms. The number of carbonyl (C=O) groups is 1. The van der Waals surface area contributed by atoms with Crippen LogP contribution in [0.15, 0.2) is 36.4 Å². The van der Waals surface area contributed by atoms with Crippen LogP contribution in [0, 0.1) is 18.3 Å². The number of nitrogens with zero attached hydrogens (tertiary/aromatic N) is 1. The maximum Gasteiger partial charge on any atom is 0.343 e. The van der Waals surface area contributed by atoms with Crippen LogP contribution in [0.25, 0.3) is 0 Å². The van der Waals surface area contributed by atoms with Crippen LogP contribution >= 0.6 is 11.6 Å². The first-order valence-electron chi connectivity index (χ1n) is 6.70.